The van der Waals surface area contributed by atoms with Gasteiger partial charge in [0, 0.05) is 17.5 Å². The molecule has 0 fully saturated rings. The highest BCUT2D eigenvalue weighted by Crippen LogP contribution is 2.30. The minimum absolute atomic E-state index is 0.187. The molecule has 1 heterocycles. The van der Waals surface area contributed by atoms with Gasteiger partial charge in [-0.3, -0.25) is 0 Å². The molecule has 0 radical (unpaired) electrons. The predicted molar refractivity (Wildman–Crippen MR) is 119 cm³/mol. The number of rotatable bonds is 7. The summed E-state index contributed by atoms with van der Waals surface area (Å²) >= 11 is 0. The summed E-state index contributed by atoms with van der Waals surface area (Å²) in [6.45, 7) is 2.04. The number of carbonyl (C=O) groups is 1. The Morgan fingerprint density at radius 1 is 0.935 bits per heavy atom. The Balaban J connectivity index is 1.55. The zero-order valence-corrected chi connectivity index (χ0v) is 17.1. The minimum atomic E-state index is -0.759. The first-order valence-corrected chi connectivity index (χ1v) is 10.1. The van der Waals surface area contributed by atoms with E-state index in [0.717, 1.165) is 22.1 Å². The van der Waals surface area contributed by atoms with Gasteiger partial charge >= 0.3 is 11.6 Å². The number of ether oxygens (including phenoxy) is 2. The summed E-state index contributed by atoms with van der Waals surface area (Å²) in [5.74, 6) is -0.00434. The highest BCUT2D eigenvalue weighted by Gasteiger charge is 2.21. The van der Waals surface area contributed by atoms with Gasteiger partial charge in [-0.25, -0.2) is 9.59 Å². The minimum Gasteiger partial charge on any atom is -0.479 e. The number of fused-ring (bicyclic) bond motifs is 1. The van der Waals surface area contributed by atoms with E-state index in [1.807, 2.05) is 73.7 Å². The Bertz CT molecular complexity index is 1230. The topological polar surface area (TPSA) is 65.7 Å². The number of esters is 1. The zero-order valence-electron chi connectivity index (χ0n) is 17.1. The van der Waals surface area contributed by atoms with Gasteiger partial charge in [-0.2, -0.15) is 0 Å². The fourth-order valence-corrected chi connectivity index (χ4v) is 3.36. The van der Waals surface area contributed by atoms with Gasteiger partial charge in [0.05, 0.1) is 0 Å². The third-order valence-corrected chi connectivity index (χ3v) is 4.94. The van der Waals surface area contributed by atoms with Gasteiger partial charge in [0.25, 0.3) is 0 Å². The molecule has 0 aliphatic carbocycles. The highest BCUT2D eigenvalue weighted by molar-refractivity contribution is 5.93. The van der Waals surface area contributed by atoms with Gasteiger partial charge in [-0.05, 0) is 35.2 Å². The van der Waals surface area contributed by atoms with Gasteiger partial charge in [0.1, 0.15) is 17.9 Å². The summed E-state index contributed by atoms with van der Waals surface area (Å²) in [6.07, 6.45) is -0.315. The summed E-state index contributed by atoms with van der Waals surface area (Å²) in [5, 5.41) is 0.790. The molecule has 0 bridgehead atoms. The van der Waals surface area contributed by atoms with Crippen molar-refractivity contribution in [2.75, 3.05) is 0 Å². The average Bonchev–Trinajstić information content (AvgIpc) is 2.81. The first kappa shape index (κ1) is 20.4. The summed E-state index contributed by atoms with van der Waals surface area (Å²) in [7, 11) is 0. The monoisotopic (exact) mass is 414 g/mol. The van der Waals surface area contributed by atoms with Crippen LogP contribution in [-0.4, -0.2) is 12.1 Å². The van der Waals surface area contributed by atoms with E-state index >= 15 is 0 Å². The van der Waals surface area contributed by atoms with Gasteiger partial charge in [0.2, 0.25) is 0 Å². The van der Waals surface area contributed by atoms with Gasteiger partial charge in [-0.15, -0.1) is 0 Å². The van der Waals surface area contributed by atoms with Crippen molar-refractivity contribution in [2.24, 2.45) is 0 Å². The van der Waals surface area contributed by atoms with E-state index in [0.29, 0.717) is 17.8 Å². The fourth-order valence-electron chi connectivity index (χ4n) is 3.36. The van der Waals surface area contributed by atoms with Crippen molar-refractivity contribution in [3.63, 3.8) is 0 Å². The van der Waals surface area contributed by atoms with Crippen molar-refractivity contribution in [3.8, 4) is 16.9 Å². The SMILES string of the molecule is CC[C@H](Oc1ccc2c(-c3ccccc3)cc(=O)oc2c1)C(=O)OCc1ccccc1. The molecular formula is C26H22O5. The molecule has 3 aromatic carbocycles. The number of hydrogen-bond acceptors (Lipinski definition) is 5. The Kier molecular flexibility index (Phi) is 6.13. The quantitative estimate of drug-likeness (QED) is 0.301. The van der Waals surface area contributed by atoms with E-state index in [1.165, 1.54) is 6.07 Å². The van der Waals surface area contributed by atoms with Crippen LogP contribution in [0.25, 0.3) is 22.1 Å². The molecule has 0 N–H and O–H groups in total. The molecule has 0 aliphatic rings. The number of hydrogen-bond donors (Lipinski definition) is 0. The van der Waals surface area contributed by atoms with Crippen LogP contribution in [0, 0.1) is 0 Å². The van der Waals surface area contributed by atoms with Gasteiger partial charge < -0.3 is 13.9 Å². The van der Waals surface area contributed by atoms with E-state index < -0.39 is 17.7 Å². The van der Waals surface area contributed by atoms with Crippen molar-refractivity contribution >= 4 is 16.9 Å². The summed E-state index contributed by atoms with van der Waals surface area (Å²) in [4.78, 5) is 24.6. The molecule has 0 unspecified atom stereocenters. The summed E-state index contributed by atoms with van der Waals surface area (Å²) < 4.78 is 16.7. The van der Waals surface area contributed by atoms with E-state index in [2.05, 4.69) is 0 Å². The lowest BCUT2D eigenvalue weighted by Gasteiger charge is -2.17. The maximum absolute atomic E-state index is 12.5. The van der Waals surface area contributed by atoms with Crippen LogP contribution in [0.15, 0.2) is 94.1 Å². The van der Waals surface area contributed by atoms with Gasteiger partial charge in [0.15, 0.2) is 6.10 Å². The molecule has 4 rings (SSSR count). The fraction of sp³-hybridized carbons (Fsp3) is 0.154. The molecule has 31 heavy (non-hydrogen) atoms. The van der Waals surface area contributed by atoms with Crippen molar-refractivity contribution in [1.82, 2.24) is 0 Å². The smallest absolute Gasteiger partial charge is 0.347 e. The lowest BCUT2D eigenvalue weighted by Crippen LogP contribution is -2.28. The lowest BCUT2D eigenvalue weighted by atomic mass is 10.0. The van der Waals surface area contributed by atoms with E-state index in [-0.39, 0.29) is 6.61 Å². The average molecular weight is 414 g/mol. The summed E-state index contributed by atoms with van der Waals surface area (Å²) in [6, 6.07) is 25.8. The van der Waals surface area contributed by atoms with Gasteiger partial charge in [-0.1, -0.05) is 67.6 Å². The normalized spacial score (nSPS) is 11.8. The summed E-state index contributed by atoms with van der Waals surface area (Å²) in [5.41, 5.74) is 2.57. The van der Waals surface area contributed by atoms with E-state index in [4.69, 9.17) is 13.9 Å². The standard InChI is InChI=1S/C26H22O5/c1-2-23(26(28)29-17-18-9-5-3-6-10-18)30-20-13-14-21-22(19-11-7-4-8-12-19)16-25(27)31-24(21)15-20/h3-16,23H,2,17H2,1H3/t23-/m0/s1. The molecule has 1 atom stereocenters. The molecule has 156 valence electrons. The van der Waals surface area contributed by atoms with Crippen molar-refractivity contribution < 1.29 is 18.7 Å². The third-order valence-electron chi connectivity index (χ3n) is 4.94. The second kappa shape index (κ2) is 9.30. The van der Waals surface area contributed by atoms with Crippen LogP contribution >= 0.6 is 0 Å². The van der Waals surface area contributed by atoms with Crippen LogP contribution in [-0.2, 0) is 16.1 Å². The zero-order chi connectivity index (χ0) is 21.6. The molecule has 0 spiro atoms. The molecule has 1 aromatic heterocycles. The first-order valence-electron chi connectivity index (χ1n) is 10.1. The molecule has 0 aliphatic heterocycles. The van der Waals surface area contributed by atoms with E-state index in [1.54, 1.807) is 12.1 Å². The maximum Gasteiger partial charge on any atom is 0.347 e. The second-order valence-electron chi connectivity index (χ2n) is 7.11. The number of carbonyl (C=O) groups excluding carboxylic acids is 1. The molecule has 5 nitrogen and oxygen atoms in total. The molecule has 0 saturated heterocycles. The van der Waals surface area contributed by atoms with Crippen LogP contribution in [0.1, 0.15) is 18.9 Å². The van der Waals surface area contributed by atoms with Crippen molar-refractivity contribution in [1.29, 1.82) is 0 Å². The van der Waals surface area contributed by atoms with Crippen molar-refractivity contribution in [3.05, 3.63) is 101 Å². The first-order chi connectivity index (χ1) is 15.1. The van der Waals surface area contributed by atoms with Crippen LogP contribution in [0.3, 0.4) is 0 Å². The third kappa shape index (κ3) is 4.83. The second-order valence-corrected chi connectivity index (χ2v) is 7.11. The van der Waals surface area contributed by atoms with Crippen LogP contribution in [0.4, 0.5) is 0 Å². The Morgan fingerprint density at radius 3 is 2.35 bits per heavy atom. The number of benzene rings is 3. The molecular weight excluding hydrogens is 392 g/mol. The molecule has 0 amide bonds. The van der Waals surface area contributed by atoms with Crippen LogP contribution in [0.5, 0.6) is 5.75 Å². The Morgan fingerprint density at radius 2 is 1.65 bits per heavy atom. The highest BCUT2D eigenvalue weighted by atomic mass is 16.6. The molecule has 0 saturated carbocycles. The predicted octanol–water partition coefficient (Wildman–Crippen LogP) is 5.36. The van der Waals surface area contributed by atoms with Crippen molar-refractivity contribution in [2.45, 2.75) is 26.1 Å². The van der Waals surface area contributed by atoms with Crippen LogP contribution < -0.4 is 10.4 Å². The molecule has 5 heteroatoms. The molecule has 4 aromatic rings. The Hall–Kier alpha value is -3.86. The van der Waals surface area contributed by atoms with Crippen LogP contribution in [0.2, 0.25) is 0 Å². The van der Waals surface area contributed by atoms with E-state index in [9.17, 15) is 9.59 Å². The Labute approximate surface area is 179 Å². The maximum atomic E-state index is 12.5. The largest absolute Gasteiger partial charge is 0.479 e. The lowest BCUT2D eigenvalue weighted by molar-refractivity contribution is -0.153.